The molecule has 0 bridgehead atoms. The number of hydrogen-bond donors (Lipinski definition) is 1. The second-order valence-corrected chi connectivity index (χ2v) is 10.2. The molecular weight excluding hydrogens is 528 g/mol. The van der Waals surface area contributed by atoms with Gasteiger partial charge in [0.25, 0.3) is 0 Å². The smallest absolute Gasteiger partial charge is 0.174 e. The lowest BCUT2D eigenvalue weighted by Gasteiger charge is -2.28. The zero-order valence-corrected chi connectivity index (χ0v) is 22.2. The lowest BCUT2D eigenvalue weighted by molar-refractivity contribution is 0.565. The van der Waals surface area contributed by atoms with Crippen LogP contribution in [-0.2, 0) is 0 Å². The van der Waals surface area contributed by atoms with Crippen molar-refractivity contribution in [3.05, 3.63) is 111 Å². The van der Waals surface area contributed by atoms with Crippen LogP contribution in [0.3, 0.4) is 0 Å². The van der Waals surface area contributed by atoms with Gasteiger partial charge in [-0.3, -0.25) is 4.98 Å². The molecule has 0 amide bonds. The number of thiocarbonyl (C=S) groups is 1. The lowest BCUT2D eigenvalue weighted by atomic mass is 9.96. The molecule has 0 unspecified atom stereocenters. The van der Waals surface area contributed by atoms with Crippen LogP contribution >= 0.6 is 39.7 Å². The van der Waals surface area contributed by atoms with Crippen molar-refractivity contribution in [3.8, 4) is 5.69 Å². The summed E-state index contributed by atoms with van der Waals surface area (Å²) in [7, 11) is 0. The fourth-order valence-electron chi connectivity index (χ4n) is 4.85. The van der Waals surface area contributed by atoms with Crippen LogP contribution in [0.25, 0.3) is 5.69 Å². The highest BCUT2D eigenvalue weighted by Gasteiger charge is 2.42. The first kappa shape index (κ1) is 23.1. The molecule has 0 spiro atoms. The molecule has 4 nitrogen and oxygen atoms in total. The summed E-state index contributed by atoms with van der Waals surface area (Å²) in [4.78, 5) is 6.88. The fraction of sp³-hybridized carbons (Fsp3) is 0.185. The maximum Gasteiger partial charge on any atom is 0.174 e. The van der Waals surface area contributed by atoms with Crippen molar-refractivity contribution in [1.29, 1.82) is 0 Å². The summed E-state index contributed by atoms with van der Waals surface area (Å²) in [6, 6.07) is 22.4. The zero-order chi connectivity index (χ0) is 24.0. The van der Waals surface area contributed by atoms with Crippen molar-refractivity contribution in [2.45, 2.75) is 32.9 Å². The molecule has 1 aliphatic rings. The summed E-state index contributed by atoms with van der Waals surface area (Å²) >= 11 is 15.9. The van der Waals surface area contributed by atoms with Gasteiger partial charge in [-0.15, -0.1) is 0 Å². The number of rotatable bonds is 4. The van der Waals surface area contributed by atoms with Crippen molar-refractivity contribution in [1.82, 2.24) is 14.9 Å². The number of halogens is 2. The van der Waals surface area contributed by atoms with Crippen LogP contribution in [0.4, 0.5) is 5.69 Å². The van der Waals surface area contributed by atoms with E-state index in [4.69, 9.17) is 23.8 Å². The van der Waals surface area contributed by atoms with E-state index in [1.165, 1.54) is 5.56 Å². The third-order valence-electron chi connectivity index (χ3n) is 6.47. The minimum atomic E-state index is -0.0910. The summed E-state index contributed by atoms with van der Waals surface area (Å²) in [5, 5.41) is 5.00. The van der Waals surface area contributed by atoms with Gasteiger partial charge in [-0.1, -0.05) is 39.7 Å². The Morgan fingerprint density at radius 2 is 1.76 bits per heavy atom. The summed E-state index contributed by atoms with van der Waals surface area (Å²) in [6.07, 6.45) is 1.83. The van der Waals surface area contributed by atoms with Crippen LogP contribution in [-0.4, -0.2) is 14.7 Å². The highest BCUT2D eigenvalue weighted by atomic mass is 79.9. The molecule has 1 aliphatic heterocycles. The standard InChI is InChI=1S/C27H24BrClN4S/c1-16-15-21(18(3)32(16)24-9-6-7-22(29)17(24)2)26-25(23-8-4-5-14-30-23)31-27(34)33(26)20-12-10-19(28)11-13-20/h4-15,25-26H,1-3H3,(H,31,34)/t25-,26-/m0/s1. The molecule has 1 fully saturated rings. The van der Waals surface area contributed by atoms with E-state index in [-0.39, 0.29) is 12.1 Å². The first-order chi connectivity index (χ1) is 16.4. The van der Waals surface area contributed by atoms with Crippen LogP contribution in [0.15, 0.2) is 77.4 Å². The van der Waals surface area contributed by atoms with Crippen molar-refractivity contribution >= 4 is 50.5 Å². The van der Waals surface area contributed by atoms with Gasteiger partial charge < -0.3 is 14.8 Å². The average Bonchev–Trinajstić information content (AvgIpc) is 3.32. The van der Waals surface area contributed by atoms with E-state index >= 15 is 0 Å². The molecule has 5 rings (SSSR count). The van der Waals surface area contributed by atoms with Gasteiger partial charge >= 0.3 is 0 Å². The Balaban J connectivity index is 1.70. The number of hydrogen-bond acceptors (Lipinski definition) is 2. The SMILES string of the molecule is Cc1c(Cl)cccc1-n1c(C)cc([C@H]2[C@H](c3ccccn3)NC(=S)N2c2ccc(Br)cc2)c1C. The normalized spacial score (nSPS) is 17.8. The first-order valence-corrected chi connectivity index (χ1v) is 12.7. The Morgan fingerprint density at radius 3 is 2.47 bits per heavy atom. The van der Waals surface area contributed by atoms with Crippen LogP contribution < -0.4 is 10.2 Å². The number of nitrogens with zero attached hydrogens (tertiary/aromatic N) is 3. The Morgan fingerprint density at radius 1 is 1.00 bits per heavy atom. The Hall–Kier alpha value is -2.67. The third-order valence-corrected chi connectivity index (χ3v) is 7.72. The van der Waals surface area contributed by atoms with Crippen LogP contribution in [0, 0.1) is 20.8 Å². The average molecular weight is 552 g/mol. The molecule has 4 aromatic rings. The van der Waals surface area contributed by atoms with E-state index in [2.05, 4.69) is 86.8 Å². The predicted octanol–water partition coefficient (Wildman–Crippen LogP) is 7.39. The van der Waals surface area contributed by atoms with Crippen molar-refractivity contribution < 1.29 is 0 Å². The first-order valence-electron chi connectivity index (χ1n) is 11.1. The van der Waals surface area contributed by atoms with Crippen LogP contribution in [0.5, 0.6) is 0 Å². The third kappa shape index (κ3) is 3.94. The van der Waals surface area contributed by atoms with Gasteiger partial charge in [0.2, 0.25) is 0 Å². The number of nitrogens with one attached hydrogen (secondary N) is 1. The topological polar surface area (TPSA) is 33.1 Å². The molecule has 2 aromatic heterocycles. The van der Waals surface area contributed by atoms with Crippen LogP contribution in [0.2, 0.25) is 5.02 Å². The molecular formula is C27H24BrClN4S. The minimum Gasteiger partial charge on any atom is -0.351 e. The van der Waals surface area contributed by atoms with E-state index in [9.17, 15) is 0 Å². The number of aromatic nitrogens is 2. The maximum atomic E-state index is 6.48. The zero-order valence-electron chi connectivity index (χ0n) is 19.1. The maximum absolute atomic E-state index is 6.48. The quantitative estimate of drug-likeness (QED) is 0.268. The van der Waals surface area contributed by atoms with E-state index < -0.39 is 0 Å². The van der Waals surface area contributed by atoms with Gasteiger partial charge in [0.1, 0.15) is 0 Å². The highest BCUT2D eigenvalue weighted by Crippen LogP contribution is 2.44. The molecule has 7 heteroatoms. The van der Waals surface area contributed by atoms with Crippen molar-refractivity contribution in [2.75, 3.05) is 4.90 Å². The van der Waals surface area contributed by atoms with Crippen molar-refractivity contribution in [3.63, 3.8) is 0 Å². The Bertz CT molecular complexity index is 1370. The number of anilines is 1. The van der Waals surface area contributed by atoms with Gasteiger partial charge in [-0.25, -0.2) is 0 Å². The Kier molecular flexibility index (Phi) is 6.23. The molecule has 1 saturated heterocycles. The predicted molar refractivity (Wildman–Crippen MR) is 147 cm³/mol. The molecule has 2 atom stereocenters. The minimum absolute atomic E-state index is 0.0667. The van der Waals surface area contributed by atoms with Gasteiger partial charge in [-0.05, 0) is 98.7 Å². The lowest BCUT2D eigenvalue weighted by Crippen LogP contribution is -2.29. The second-order valence-electron chi connectivity index (χ2n) is 8.52. The summed E-state index contributed by atoms with van der Waals surface area (Å²) in [5.74, 6) is 0. The van der Waals surface area contributed by atoms with Gasteiger partial charge in [0.15, 0.2) is 5.11 Å². The molecule has 3 heterocycles. The summed E-state index contributed by atoms with van der Waals surface area (Å²) in [6.45, 7) is 6.36. The molecule has 0 saturated carbocycles. The summed E-state index contributed by atoms with van der Waals surface area (Å²) < 4.78 is 3.31. The van der Waals surface area contributed by atoms with Crippen LogP contribution in [0.1, 0.15) is 40.3 Å². The molecule has 0 aliphatic carbocycles. The molecule has 2 aromatic carbocycles. The molecule has 1 N–H and O–H groups in total. The van der Waals surface area contributed by atoms with Crippen molar-refractivity contribution in [2.24, 2.45) is 0 Å². The van der Waals surface area contributed by atoms with Gasteiger partial charge in [0, 0.05) is 38.5 Å². The van der Waals surface area contributed by atoms with E-state index in [0.717, 1.165) is 43.5 Å². The molecule has 0 radical (unpaired) electrons. The Labute approximate surface area is 218 Å². The summed E-state index contributed by atoms with van der Waals surface area (Å²) in [5.41, 5.74) is 7.64. The second kappa shape index (κ2) is 9.17. The largest absolute Gasteiger partial charge is 0.351 e. The fourth-order valence-corrected chi connectivity index (χ4v) is 5.63. The van der Waals surface area contributed by atoms with Gasteiger partial charge in [0.05, 0.1) is 17.8 Å². The number of aryl methyl sites for hydroxylation is 1. The van der Waals surface area contributed by atoms with Gasteiger partial charge in [-0.2, -0.15) is 0 Å². The number of benzene rings is 2. The van der Waals surface area contributed by atoms with E-state index in [1.54, 1.807) is 0 Å². The molecule has 34 heavy (non-hydrogen) atoms. The molecule has 172 valence electrons. The monoisotopic (exact) mass is 550 g/mol. The highest BCUT2D eigenvalue weighted by molar-refractivity contribution is 9.10. The van der Waals surface area contributed by atoms with E-state index in [0.29, 0.717) is 5.11 Å². The number of pyridine rings is 1. The van der Waals surface area contributed by atoms with E-state index in [1.807, 2.05) is 42.6 Å².